The summed E-state index contributed by atoms with van der Waals surface area (Å²) in [6.07, 6.45) is 1.50. The van der Waals surface area contributed by atoms with Crippen molar-refractivity contribution in [2.24, 2.45) is 0 Å². The molecule has 0 radical (unpaired) electrons. The fourth-order valence-electron chi connectivity index (χ4n) is 5.27. The van der Waals surface area contributed by atoms with Crippen molar-refractivity contribution in [1.82, 2.24) is 0 Å². The number of carbonyl (C=O) groups excluding carboxylic acids is 2. The SMILES string of the molecule is Cc1ccccc1CC(=O)Nc1c(C)cc(Cc2cc(C)c(NC(=O)Cc3ccccc3C)c(C)c2)cc1C. The Morgan fingerprint density at radius 2 is 0.846 bits per heavy atom. The summed E-state index contributed by atoms with van der Waals surface area (Å²) in [5, 5.41) is 6.26. The Bertz CT molecular complexity index is 1370. The van der Waals surface area contributed by atoms with E-state index < -0.39 is 0 Å². The van der Waals surface area contributed by atoms with Crippen molar-refractivity contribution in [3.05, 3.63) is 128 Å². The molecule has 2 amide bonds. The Kier molecular flexibility index (Phi) is 8.65. The first kappa shape index (κ1) is 27.8. The number of hydrogen-bond acceptors (Lipinski definition) is 2. The van der Waals surface area contributed by atoms with Gasteiger partial charge in [0.2, 0.25) is 11.8 Å². The van der Waals surface area contributed by atoms with E-state index in [0.29, 0.717) is 12.8 Å². The molecule has 0 unspecified atom stereocenters. The number of anilines is 2. The molecule has 4 heteroatoms. The average molecular weight is 519 g/mol. The van der Waals surface area contributed by atoms with E-state index in [0.717, 1.165) is 62.3 Å². The summed E-state index contributed by atoms with van der Waals surface area (Å²) in [7, 11) is 0. The van der Waals surface area contributed by atoms with E-state index >= 15 is 0 Å². The van der Waals surface area contributed by atoms with Gasteiger partial charge in [0.05, 0.1) is 12.8 Å². The van der Waals surface area contributed by atoms with Crippen molar-refractivity contribution in [1.29, 1.82) is 0 Å². The van der Waals surface area contributed by atoms with Crippen LogP contribution in [-0.4, -0.2) is 11.8 Å². The maximum Gasteiger partial charge on any atom is 0.228 e. The molecule has 2 N–H and O–H groups in total. The quantitative estimate of drug-likeness (QED) is 0.254. The smallest absolute Gasteiger partial charge is 0.228 e. The lowest BCUT2D eigenvalue weighted by Crippen LogP contribution is -2.17. The largest absolute Gasteiger partial charge is 0.325 e. The summed E-state index contributed by atoms with van der Waals surface area (Å²) in [5.74, 6) is -0.0101. The van der Waals surface area contributed by atoms with Gasteiger partial charge in [0, 0.05) is 11.4 Å². The first-order valence-electron chi connectivity index (χ1n) is 13.5. The van der Waals surface area contributed by atoms with Crippen LogP contribution in [0.1, 0.15) is 55.6 Å². The van der Waals surface area contributed by atoms with Gasteiger partial charge in [0.25, 0.3) is 0 Å². The van der Waals surface area contributed by atoms with Crippen LogP contribution in [0.2, 0.25) is 0 Å². The third-order valence-electron chi connectivity index (χ3n) is 7.35. The van der Waals surface area contributed by atoms with Gasteiger partial charge in [0.1, 0.15) is 0 Å². The Morgan fingerprint density at radius 3 is 1.18 bits per heavy atom. The molecule has 4 aromatic carbocycles. The van der Waals surface area contributed by atoms with Crippen molar-refractivity contribution in [2.45, 2.75) is 60.8 Å². The zero-order valence-corrected chi connectivity index (χ0v) is 23.9. The third kappa shape index (κ3) is 7.02. The van der Waals surface area contributed by atoms with Crippen molar-refractivity contribution >= 4 is 23.2 Å². The summed E-state index contributed by atoms with van der Waals surface area (Å²) in [5.41, 5.74) is 12.7. The van der Waals surface area contributed by atoms with Gasteiger partial charge in [-0.15, -0.1) is 0 Å². The van der Waals surface area contributed by atoms with Crippen molar-refractivity contribution < 1.29 is 9.59 Å². The summed E-state index contributed by atoms with van der Waals surface area (Å²) < 4.78 is 0. The predicted molar refractivity (Wildman–Crippen MR) is 162 cm³/mol. The van der Waals surface area contributed by atoms with Crippen molar-refractivity contribution in [3.63, 3.8) is 0 Å². The van der Waals surface area contributed by atoms with Crippen LogP contribution < -0.4 is 10.6 Å². The minimum atomic E-state index is -0.00504. The molecule has 0 aliphatic rings. The second-order valence-corrected chi connectivity index (χ2v) is 10.7. The highest BCUT2D eigenvalue weighted by Gasteiger charge is 2.14. The molecule has 0 aliphatic heterocycles. The second-order valence-electron chi connectivity index (χ2n) is 10.7. The molecule has 0 bridgehead atoms. The Labute approximate surface area is 232 Å². The number of hydrogen-bond donors (Lipinski definition) is 2. The highest BCUT2D eigenvalue weighted by molar-refractivity contribution is 5.94. The molecule has 4 nitrogen and oxygen atoms in total. The number of aryl methyl sites for hydroxylation is 6. The lowest BCUT2D eigenvalue weighted by molar-refractivity contribution is -0.116. The summed E-state index contributed by atoms with van der Waals surface area (Å²) in [4.78, 5) is 25.6. The molecule has 0 saturated heterocycles. The number of amides is 2. The number of rotatable bonds is 8. The van der Waals surface area contributed by atoms with Crippen LogP contribution >= 0.6 is 0 Å². The molecule has 0 atom stereocenters. The van der Waals surface area contributed by atoms with E-state index in [9.17, 15) is 9.59 Å². The lowest BCUT2D eigenvalue weighted by Gasteiger charge is -2.17. The van der Waals surface area contributed by atoms with E-state index in [2.05, 4.69) is 34.9 Å². The molecule has 0 heterocycles. The van der Waals surface area contributed by atoms with Gasteiger partial charge < -0.3 is 10.6 Å². The minimum absolute atomic E-state index is 0.00504. The van der Waals surface area contributed by atoms with E-state index in [1.54, 1.807) is 0 Å². The van der Waals surface area contributed by atoms with Crippen LogP contribution in [-0.2, 0) is 28.9 Å². The highest BCUT2D eigenvalue weighted by Crippen LogP contribution is 2.27. The van der Waals surface area contributed by atoms with Crippen LogP contribution in [0.25, 0.3) is 0 Å². The van der Waals surface area contributed by atoms with Crippen LogP contribution in [0.15, 0.2) is 72.8 Å². The first-order valence-corrected chi connectivity index (χ1v) is 13.5. The lowest BCUT2D eigenvalue weighted by atomic mass is 9.95. The molecule has 4 rings (SSSR count). The Morgan fingerprint density at radius 1 is 0.513 bits per heavy atom. The molecule has 0 aliphatic carbocycles. The van der Waals surface area contributed by atoms with E-state index in [1.807, 2.05) is 90.1 Å². The van der Waals surface area contributed by atoms with Gasteiger partial charge >= 0.3 is 0 Å². The van der Waals surface area contributed by atoms with Gasteiger partial charge in [0.15, 0.2) is 0 Å². The molecule has 39 heavy (non-hydrogen) atoms. The zero-order valence-electron chi connectivity index (χ0n) is 23.9. The number of nitrogens with one attached hydrogen (secondary N) is 2. The predicted octanol–water partition coefficient (Wildman–Crippen LogP) is 7.49. The fraction of sp³-hybridized carbons (Fsp3) is 0.257. The summed E-state index contributed by atoms with van der Waals surface area (Å²) >= 11 is 0. The van der Waals surface area contributed by atoms with Gasteiger partial charge in [-0.25, -0.2) is 0 Å². The van der Waals surface area contributed by atoms with Crippen LogP contribution in [0.3, 0.4) is 0 Å². The maximum absolute atomic E-state index is 12.8. The summed E-state index contributed by atoms with van der Waals surface area (Å²) in [6, 6.07) is 24.6. The molecule has 0 spiro atoms. The van der Waals surface area contributed by atoms with E-state index in [-0.39, 0.29) is 11.8 Å². The standard InChI is InChI=1S/C35H38N2O2/c1-22-11-7-9-13-30(22)20-32(38)36-34-24(3)15-28(16-25(34)4)19-29-17-26(5)35(27(6)18-29)37-33(39)21-31-14-10-8-12-23(31)2/h7-18H,19-21H2,1-6H3,(H,36,38)(H,37,39). The zero-order chi connectivity index (χ0) is 28.1. The molecule has 4 aromatic rings. The van der Waals surface area contributed by atoms with Crippen LogP contribution in [0.4, 0.5) is 11.4 Å². The third-order valence-corrected chi connectivity index (χ3v) is 7.35. The molecule has 0 aromatic heterocycles. The second kappa shape index (κ2) is 12.1. The van der Waals surface area contributed by atoms with Crippen LogP contribution in [0.5, 0.6) is 0 Å². The summed E-state index contributed by atoms with van der Waals surface area (Å²) in [6.45, 7) is 12.2. The number of benzene rings is 4. The molecule has 200 valence electrons. The van der Waals surface area contributed by atoms with Crippen molar-refractivity contribution in [2.75, 3.05) is 10.6 Å². The van der Waals surface area contributed by atoms with Gasteiger partial charge in [-0.1, -0.05) is 72.8 Å². The molecular formula is C35H38N2O2. The number of carbonyl (C=O) groups is 2. The van der Waals surface area contributed by atoms with Crippen LogP contribution in [0, 0.1) is 41.5 Å². The molecule has 0 fully saturated rings. The maximum atomic E-state index is 12.8. The monoisotopic (exact) mass is 518 g/mol. The first-order chi connectivity index (χ1) is 18.6. The van der Waals surface area contributed by atoms with Gasteiger partial charge in [-0.05, 0) is 104 Å². The Hall–Kier alpha value is -4.18. The minimum Gasteiger partial charge on any atom is -0.325 e. The fourth-order valence-corrected chi connectivity index (χ4v) is 5.27. The Balaban J connectivity index is 1.44. The van der Waals surface area contributed by atoms with Gasteiger partial charge in [-0.2, -0.15) is 0 Å². The van der Waals surface area contributed by atoms with Gasteiger partial charge in [-0.3, -0.25) is 9.59 Å². The highest BCUT2D eigenvalue weighted by atomic mass is 16.2. The van der Waals surface area contributed by atoms with Crippen molar-refractivity contribution in [3.8, 4) is 0 Å². The average Bonchev–Trinajstić information content (AvgIpc) is 2.86. The normalized spacial score (nSPS) is 10.8. The van der Waals surface area contributed by atoms with E-state index in [1.165, 1.54) is 11.1 Å². The molecular weight excluding hydrogens is 480 g/mol. The topological polar surface area (TPSA) is 58.2 Å². The molecule has 0 saturated carbocycles. The van der Waals surface area contributed by atoms with E-state index in [4.69, 9.17) is 0 Å².